The third kappa shape index (κ3) is 2.68. The van der Waals surface area contributed by atoms with Crippen molar-refractivity contribution in [1.29, 1.82) is 0 Å². The topological polar surface area (TPSA) is 36.8 Å². The van der Waals surface area contributed by atoms with Crippen molar-refractivity contribution in [1.82, 2.24) is 5.32 Å². The van der Waals surface area contributed by atoms with E-state index in [1.165, 1.54) is 0 Å². The molecule has 15 heavy (non-hydrogen) atoms. The maximum atomic E-state index is 12.5. The fourth-order valence-electron chi connectivity index (χ4n) is 0.780. The zero-order valence-corrected chi connectivity index (χ0v) is 9.51. The van der Waals surface area contributed by atoms with Crippen molar-refractivity contribution >= 4 is 47.0 Å². The van der Waals surface area contributed by atoms with Crippen LogP contribution in [0.25, 0.3) is 0 Å². The van der Waals surface area contributed by atoms with E-state index in [0.717, 1.165) is 13.3 Å². The van der Waals surface area contributed by atoms with Gasteiger partial charge in [-0.15, -0.1) is 0 Å². The van der Waals surface area contributed by atoms with E-state index in [4.69, 9.17) is 34.8 Å². The Kier molecular flexibility index (Phi) is 3.15. The molecule has 1 unspecified atom stereocenters. The molecule has 0 aromatic rings. The Hall–Kier alpha value is -0.200. The highest BCUT2D eigenvalue weighted by Crippen LogP contribution is 2.38. The number of amidine groups is 1. The summed E-state index contributed by atoms with van der Waals surface area (Å²) in [5.74, 6) is -0.415. The Balaban J connectivity index is 3.10. The van der Waals surface area contributed by atoms with Gasteiger partial charge in [-0.05, 0) is 6.92 Å². The van der Waals surface area contributed by atoms with Crippen LogP contribution in [0, 0.1) is 0 Å². The molecular weight excluding hydrogens is 277 g/mol. The van der Waals surface area contributed by atoms with E-state index in [0.29, 0.717) is 0 Å². The number of hydrogen-bond donors (Lipinski definition) is 1. The van der Waals surface area contributed by atoms with Crippen LogP contribution >= 0.6 is 34.8 Å². The average molecular weight is 282 g/mol. The minimum absolute atomic E-state index is 0.415. The van der Waals surface area contributed by atoms with Crippen molar-refractivity contribution in [2.45, 2.75) is 22.6 Å². The summed E-state index contributed by atoms with van der Waals surface area (Å²) in [6, 6.07) is 0. The number of nitrogens with one attached hydrogen (secondary N) is 1. The third-order valence-electron chi connectivity index (χ3n) is 1.65. The molecule has 1 atom stereocenters. The average Bonchev–Trinajstić information content (AvgIpc) is 2.00. The molecule has 86 valence electrons. The molecular formula is C6H5Cl3F3N3. The molecule has 0 saturated carbocycles. The summed E-state index contributed by atoms with van der Waals surface area (Å²) in [5, 5.41) is 2.25. The molecule has 0 fully saturated rings. The van der Waals surface area contributed by atoms with Crippen molar-refractivity contribution in [2.24, 2.45) is 9.98 Å². The van der Waals surface area contributed by atoms with Crippen molar-refractivity contribution in [3.8, 4) is 0 Å². The lowest BCUT2D eigenvalue weighted by Crippen LogP contribution is -2.48. The molecule has 0 bridgehead atoms. The van der Waals surface area contributed by atoms with Gasteiger partial charge in [-0.3, -0.25) is 0 Å². The molecule has 1 aliphatic rings. The summed E-state index contributed by atoms with van der Waals surface area (Å²) in [6.45, 7) is 0.779. The first-order valence-electron chi connectivity index (χ1n) is 3.60. The summed E-state index contributed by atoms with van der Waals surface area (Å²) >= 11 is 16.2. The first kappa shape index (κ1) is 12.9. The molecule has 0 saturated heterocycles. The van der Waals surface area contributed by atoms with E-state index in [2.05, 4.69) is 15.3 Å². The van der Waals surface area contributed by atoms with Gasteiger partial charge in [-0.2, -0.15) is 13.2 Å². The van der Waals surface area contributed by atoms with E-state index in [-0.39, 0.29) is 0 Å². The molecule has 0 aromatic carbocycles. The van der Waals surface area contributed by atoms with Gasteiger partial charge >= 0.3 is 6.18 Å². The van der Waals surface area contributed by atoms with E-state index in [1.807, 2.05) is 0 Å². The van der Waals surface area contributed by atoms with Gasteiger partial charge in [0.05, 0.1) is 6.34 Å². The van der Waals surface area contributed by atoms with Crippen molar-refractivity contribution in [3.63, 3.8) is 0 Å². The van der Waals surface area contributed by atoms with Gasteiger partial charge in [-0.25, -0.2) is 9.98 Å². The summed E-state index contributed by atoms with van der Waals surface area (Å²) in [5.41, 5.74) is -2.61. The molecule has 1 aliphatic heterocycles. The third-order valence-corrected chi connectivity index (χ3v) is 2.19. The fourth-order valence-corrected chi connectivity index (χ4v) is 1.07. The summed E-state index contributed by atoms with van der Waals surface area (Å²) in [7, 11) is 0. The molecule has 0 amide bonds. The fraction of sp³-hybridized carbons (Fsp3) is 0.667. The monoisotopic (exact) mass is 281 g/mol. The van der Waals surface area contributed by atoms with Gasteiger partial charge in [-0.1, -0.05) is 34.8 Å². The van der Waals surface area contributed by atoms with Gasteiger partial charge in [0.1, 0.15) is 0 Å². The highest BCUT2D eigenvalue weighted by Gasteiger charge is 2.53. The Morgan fingerprint density at radius 3 is 2.27 bits per heavy atom. The lowest BCUT2D eigenvalue weighted by molar-refractivity contribution is -0.177. The first-order valence-corrected chi connectivity index (χ1v) is 4.74. The predicted octanol–water partition coefficient (Wildman–Crippen LogP) is 2.67. The van der Waals surface area contributed by atoms with Crippen LogP contribution in [0.15, 0.2) is 9.98 Å². The standard InChI is InChI=1S/C6H5Cl3F3N3/c1-4(6(10,11)12)14-2-13-3(15-4)5(7,8)9/h2H,1H3,(H,13,14,15). The Morgan fingerprint density at radius 2 is 1.87 bits per heavy atom. The van der Waals surface area contributed by atoms with Crippen LogP contribution in [-0.4, -0.2) is 27.8 Å². The SMILES string of the molecule is CC1(C(F)(F)F)N=CNC(C(Cl)(Cl)Cl)=N1. The highest BCUT2D eigenvalue weighted by molar-refractivity contribution is 6.76. The van der Waals surface area contributed by atoms with Gasteiger partial charge in [0.15, 0.2) is 5.84 Å². The smallest absolute Gasteiger partial charge is 0.331 e. The molecule has 1 heterocycles. The van der Waals surface area contributed by atoms with Crippen LogP contribution < -0.4 is 5.32 Å². The van der Waals surface area contributed by atoms with E-state index in [1.54, 1.807) is 0 Å². The van der Waals surface area contributed by atoms with Crippen molar-refractivity contribution in [2.75, 3.05) is 0 Å². The van der Waals surface area contributed by atoms with E-state index < -0.39 is 21.5 Å². The number of hydrogen-bond acceptors (Lipinski definition) is 3. The lowest BCUT2D eigenvalue weighted by Gasteiger charge is -2.29. The zero-order valence-electron chi connectivity index (χ0n) is 7.24. The molecule has 0 radical (unpaired) electrons. The minimum atomic E-state index is -4.65. The van der Waals surface area contributed by atoms with Crippen LogP contribution in [-0.2, 0) is 0 Å². The Labute approximate surface area is 98.3 Å². The second-order valence-corrected chi connectivity index (χ2v) is 5.16. The number of halogens is 6. The molecule has 1 rings (SSSR count). The van der Waals surface area contributed by atoms with Gasteiger partial charge < -0.3 is 5.32 Å². The van der Waals surface area contributed by atoms with Crippen molar-refractivity contribution < 1.29 is 13.2 Å². The second kappa shape index (κ2) is 3.68. The Morgan fingerprint density at radius 1 is 1.33 bits per heavy atom. The summed E-state index contributed by atoms with van der Waals surface area (Å²) in [4.78, 5) is 6.41. The highest BCUT2D eigenvalue weighted by atomic mass is 35.6. The van der Waals surface area contributed by atoms with Gasteiger partial charge in [0.2, 0.25) is 9.46 Å². The van der Waals surface area contributed by atoms with Gasteiger partial charge in [0.25, 0.3) is 0 Å². The van der Waals surface area contributed by atoms with Crippen LogP contribution in [0.4, 0.5) is 13.2 Å². The summed E-state index contributed by atoms with van der Waals surface area (Å²) in [6.07, 6.45) is -3.84. The van der Waals surface area contributed by atoms with Crippen LogP contribution in [0.5, 0.6) is 0 Å². The van der Waals surface area contributed by atoms with E-state index in [9.17, 15) is 13.2 Å². The maximum absolute atomic E-state index is 12.5. The predicted molar refractivity (Wildman–Crippen MR) is 53.8 cm³/mol. The Bertz CT molecular complexity index is 320. The largest absolute Gasteiger partial charge is 0.433 e. The second-order valence-electron chi connectivity index (χ2n) is 2.88. The quantitative estimate of drug-likeness (QED) is 0.681. The van der Waals surface area contributed by atoms with Crippen molar-refractivity contribution in [3.05, 3.63) is 0 Å². The van der Waals surface area contributed by atoms with Gasteiger partial charge in [0, 0.05) is 0 Å². The molecule has 1 N–H and O–H groups in total. The number of rotatable bonds is 0. The van der Waals surface area contributed by atoms with Crippen LogP contribution in [0.3, 0.4) is 0 Å². The number of aliphatic imine (C=N–C) groups is 2. The molecule has 0 aromatic heterocycles. The zero-order chi connectivity index (χ0) is 11.9. The lowest BCUT2D eigenvalue weighted by atomic mass is 10.2. The number of nitrogens with zero attached hydrogens (tertiary/aromatic N) is 2. The minimum Gasteiger partial charge on any atom is -0.331 e. The molecule has 0 spiro atoms. The normalized spacial score (nSPS) is 27.3. The molecule has 3 nitrogen and oxygen atoms in total. The van der Waals surface area contributed by atoms with Crippen LogP contribution in [0.1, 0.15) is 6.92 Å². The van der Waals surface area contributed by atoms with E-state index >= 15 is 0 Å². The first-order chi connectivity index (χ1) is 6.56. The molecule has 9 heteroatoms. The summed E-state index contributed by atoms with van der Waals surface area (Å²) < 4.78 is 35.5. The maximum Gasteiger partial charge on any atom is 0.433 e. The molecule has 0 aliphatic carbocycles. The number of alkyl halides is 6. The van der Waals surface area contributed by atoms with Crippen LogP contribution in [0.2, 0.25) is 0 Å².